The van der Waals surface area contributed by atoms with E-state index in [1.807, 2.05) is 23.1 Å². The third kappa shape index (κ3) is 3.17. The highest BCUT2D eigenvalue weighted by molar-refractivity contribution is 6.30. The topological polar surface area (TPSA) is 26.7 Å². The van der Waals surface area contributed by atoms with E-state index in [9.17, 15) is 5.11 Å². The second kappa shape index (κ2) is 6.10. The van der Waals surface area contributed by atoms with Crippen LogP contribution in [0.3, 0.4) is 0 Å². The summed E-state index contributed by atoms with van der Waals surface area (Å²) in [6.07, 6.45) is -0.642. The minimum atomic E-state index is -0.642. The molecule has 1 aromatic rings. The molecule has 1 aliphatic heterocycles. The van der Waals surface area contributed by atoms with Gasteiger partial charge >= 0.3 is 0 Å². The second-order valence-corrected chi connectivity index (χ2v) is 4.71. The minimum absolute atomic E-state index is 0.642. The highest BCUT2D eigenvalue weighted by atomic mass is 35.5. The van der Waals surface area contributed by atoms with Gasteiger partial charge in [0.2, 0.25) is 0 Å². The van der Waals surface area contributed by atoms with Gasteiger partial charge in [0.1, 0.15) is 0 Å². The lowest BCUT2D eigenvalue weighted by molar-refractivity contribution is 0.0452. The molecule has 1 aromatic carbocycles. The van der Waals surface area contributed by atoms with E-state index in [1.165, 1.54) is 0 Å². The molecule has 0 radical (unpaired) electrons. The Bertz CT molecular complexity index is 458. The van der Waals surface area contributed by atoms with Gasteiger partial charge in [-0.1, -0.05) is 23.6 Å². The molecule has 18 heavy (non-hydrogen) atoms. The van der Waals surface area contributed by atoms with E-state index >= 15 is 0 Å². The maximum absolute atomic E-state index is 9.79. The van der Waals surface area contributed by atoms with Crippen LogP contribution in [0.4, 0.5) is 5.69 Å². The van der Waals surface area contributed by atoms with Crippen molar-refractivity contribution in [2.75, 3.05) is 31.1 Å². The molecule has 0 bridgehead atoms. The van der Waals surface area contributed by atoms with Gasteiger partial charge in [-0.05, 0) is 25.1 Å². The number of hydrogen-bond donors (Lipinski definition) is 1. The van der Waals surface area contributed by atoms with Crippen LogP contribution in [0.15, 0.2) is 24.3 Å². The summed E-state index contributed by atoms with van der Waals surface area (Å²) in [5.41, 5.74) is 1.14. The summed E-state index contributed by atoms with van der Waals surface area (Å²) < 4.78 is 0. The number of hydrogen-bond acceptors (Lipinski definition) is 3. The van der Waals surface area contributed by atoms with E-state index in [2.05, 4.69) is 22.8 Å². The molecule has 1 saturated heterocycles. The first-order valence-electron chi connectivity index (χ1n) is 6.05. The molecule has 1 heterocycles. The SMILES string of the molecule is CC#CC(O)N1CCN(c2cccc(Cl)c2)CC1. The summed E-state index contributed by atoms with van der Waals surface area (Å²) >= 11 is 5.99. The average molecular weight is 265 g/mol. The Hall–Kier alpha value is -1.21. The molecular formula is C14H17ClN2O. The van der Waals surface area contributed by atoms with Crippen molar-refractivity contribution in [2.24, 2.45) is 0 Å². The number of benzene rings is 1. The van der Waals surface area contributed by atoms with Gasteiger partial charge in [0.25, 0.3) is 0 Å². The highest BCUT2D eigenvalue weighted by Gasteiger charge is 2.21. The van der Waals surface area contributed by atoms with Gasteiger partial charge in [-0.25, -0.2) is 0 Å². The van der Waals surface area contributed by atoms with Gasteiger partial charge in [0, 0.05) is 36.9 Å². The van der Waals surface area contributed by atoms with Crippen LogP contribution in [0.5, 0.6) is 0 Å². The molecule has 1 aliphatic rings. The first-order chi connectivity index (χ1) is 8.70. The maximum atomic E-state index is 9.79. The predicted octanol–water partition coefficient (Wildman–Crippen LogP) is 1.80. The Morgan fingerprint density at radius 1 is 1.28 bits per heavy atom. The molecule has 0 aliphatic carbocycles. The number of piperazine rings is 1. The normalized spacial score (nSPS) is 18.1. The zero-order chi connectivity index (χ0) is 13.0. The lowest BCUT2D eigenvalue weighted by Crippen LogP contribution is -2.50. The molecule has 96 valence electrons. The van der Waals surface area contributed by atoms with Crippen LogP contribution < -0.4 is 4.90 Å². The Morgan fingerprint density at radius 2 is 2.00 bits per heavy atom. The van der Waals surface area contributed by atoms with Gasteiger partial charge in [-0.3, -0.25) is 4.90 Å². The van der Waals surface area contributed by atoms with Crippen molar-refractivity contribution >= 4 is 17.3 Å². The van der Waals surface area contributed by atoms with Crippen LogP contribution in [-0.4, -0.2) is 42.4 Å². The Balaban J connectivity index is 1.96. The summed E-state index contributed by atoms with van der Waals surface area (Å²) in [5, 5.41) is 10.5. The van der Waals surface area contributed by atoms with Crippen molar-refractivity contribution < 1.29 is 5.11 Å². The van der Waals surface area contributed by atoms with E-state index in [1.54, 1.807) is 6.92 Å². The van der Waals surface area contributed by atoms with Crippen molar-refractivity contribution in [1.82, 2.24) is 4.90 Å². The molecule has 1 fully saturated rings. The van der Waals surface area contributed by atoms with E-state index in [0.29, 0.717) is 0 Å². The van der Waals surface area contributed by atoms with E-state index in [0.717, 1.165) is 36.9 Å². The monoisotopic (exact) mass is 264 g/mol. The summed E-state index contributed by atoms with van der Waals surface area (Å²) in [6, 6.07) is 7.87. The van der Waals surface area contributed by atoms with Gasteiger partial charge in [-0.2, -0.15) is 0 Å². The fraction of sp³-hybridized carbons (Fsp3) is 0.429. The van der Waals surface area contributed by atoms with Crippen molar-refractivity contribution in [3.8, 4) is 11.8 Å². The summed E-state index contributed by atoms with van der Waals surface area (Å²) in [4.78, 5) is 4.26. The molecular weight excluding hydrogens is 248 g/mol. The minimum Gasteiger partial charge on any atom is -0.369 e. The standard InChI is InChI=1S/C14H17ClN2O/c1-2-4-14(18)17-9-7-16(8-10-17)13-6-3-5-12(15)11-13/h3,5-6,11,14,18H,7-10H2,1H3. The van der Waals surface area contributed by atoms with Crippen LogP contribution in [0, 0.1) is 11.8 Å². The summed E-state index contributed by atoms with van der Waals surface area (Å²) in [5.74, 6) is 5.51. The molecule has 1 atom stereocenters. The molecule has 0 saturated carbocycles. The van der Waals surface area contributed by atoms with Gasteiger partial charge in [-0.15, -0.1) is 5.92 Å². The van der Waals surface area contributed by atoms with Crippen molar-refractivity contribution in [3.63, 3.8) is 0 Å². The third-order valence-electron chi connectivity index (χ3n) is 3.11. The zero-order valence-corrected chi connectivity index (χ0v) is 11.2. The summed E-state index contributed by atoms with van der Waals surface area (Å²) in [7, 11) is 0. The van der Waals surface area contributed by atoms with E-state index in [4.69, 9.17) is 11.6 Å². The lowest BCUT2D eigenvalue weighted by Gasteiger charge is -2.37. The van der Waals surface area contributed by atoms with Crippen molar-refractivity contribution in [2.45, 2.75) is 13.2 Å². The third-order valence-corrected chi connectivity index (χ3v) is 3.34. The molecule has 2 rings (SSSR count). The van der Waals surface area contributed by atoms with Crippen LogP contribution in [-0.2, 0) is 0 Å². The van der Waals surface area contributed by atoms with Gasteiger partial charge < -0.3 is 10.0 Å². The molecule has 0 amide bonds. The van der Waals surface area contributed by atoms with Crippen molar-refractivity contribution in [1.29, 1.82) is 0 Å². The molecule has 1 N–H and O–H groups in total. The number of halogens is 1. The predicted molar refractivity (Wildman–Crippen MR) is 74.7 cm³/mol. The van der Waals surface area contributed by atoms with E-state index < -0.39 is 6.23 Å². The largest absolute Gasteiger partial charge is 0.369 e. The van der Waals surface area contributed by atoms with Crippen LogP contribution >= 0.6 is 11.6 Å². The molecule has 0 spiro atoms. The zero-order valence-electron chi connectivity index (χ0n) is 10.4. The quantitative estimate of drug-likeness (QED) is 0.826. The smallest absolute Gasteiger partial charge is 0.170 e. The van der Waals surface area contributed by atoms with Crippen molar-refractivity contribution in [3.05, 3.63) is 29.3 Å². The number of aliphatic hydroxyl groups is 1. The van der Waals surface area contributed by atoms with Gasteiger partial charge in [0.15, 0.2) is 6.23 Å². The maximum Gasteiger partial charge on any atom is 0.170 e. The van der Waals surface area contributed by atoms with Crippen LogP contribution in [0.1, 0.15) is 6.92 Å². The average Bonchev–Trinajstić information content (AvgIpc) is 2.39. The Morgan fingerprint density at radius 3 is 2.61 bits per heavy atom. The lowest BCUT2D eigenvalue weighted by atomic mass is 10.2. The molecule has 1 unspecified atom stereocenters. The number of anilines is 1. The second-order valence-electron chi connectivity index (χ2n) is 4.27. The highest BCUT2D eigenvalue weighted by Crippen LogP contribution is 2.20. The molecule has 3 nitrogen and oxygen atoms in total. The fourth-order valence-corrected chi connectivity index (χ4v) is 2.30. The number of rotatable bonds is 2. The van der Waals surface area contributed by atoms with Gasteiger partial charge in [0.05, 0.1) is 0 Å². The number of nitrogens with zero attached hydrogens (tertiary/aromatic N) is 2. The Kier molecular flexibility index (Phi) is 4.48. The van der Waals surface area contributed by atoms with E-state index in [-0.39, 0.29) is 0 Å². The Labute approximate surface area is 113 Å². The molecule has 0 aromatic heterocycles. The first kappa shape index (κ1) is 13.2. The molecule has 4 heteroatoms. The number of aliphatic hydroxyl groups excluding tert-OH is 1. The van der Waals surface area contributed by atoms with Crippen LogP contribution in [0.2, 0.25) is 5.02 Å². The van der Waals surface area contributed by atoms with Crippen LogP contribution in [0.25, 0.3) is 0 Å². The fourth-order valence-electron chi connectivity index (χ4n) is 2.12. The summed E-state index contributed by atoms with van der Waals surface area (Å²) in [6.45, 7) is 5.11. The first-order valence-corrected chi connectivity index (χ1v) is 6.43.